The number of piperidine rings is 1. The van der Waals surface area contributed by atoms with Crippen LogP contribution in [0.3, 0.4) is 0 Å². The molecule has 12 nitrogen and oxygen atoms in total. The van der Waals surface area contributed by atoms with Crippen molar-refractivity contribution in [3.8, 4) is 11.9 Å². The van der Waals surface area contributed by atoms with Gasteiger partial charge in [-0.05, 0) is 61.4 Å². The third kappa shape index (κ3) is 5.68. The maximum absolute atomic E-state index is 15.8. The maximum Gasteiger partial charge on any atom is 0.263 e. The highest BCUT2D eigenvalue weighted by Crippen LogP contribution is 2.35. The summed E-state index contributed by atoms with van der Waals surface area (Å²) >= 11 is 12.0. The van der Waals surface area contributed by atoms with Crippen molar-refractivity contribution in [3.63, 3.8) is 0 Å². The van der Waals surface area contributed by atoms with Crippen molar-refractivity contribution in [2.24, 2.45) is 5.92 Å². The molecule has 1 fully saturated rings. The van der Waals surface area contributed by atoms with Crippen LogP contribution in [0.15, 0.2) is 71.9 Å². The Labute approximate surface area is 282 Å². The highest BCUT2D eigenvalue weighted by atomic mass is 35.5. The van der Waals surface area contributed by atoms with Crippen LogP contribution < -0.4 is 14.9 Å². The van der Waals surface area contributed by atoms with Gasteiger partial charge in [0.2, 0.25) is 0 Å². The van der Waals surface area contributed by atoms with E-state index in [9.17, 15) is 13.7 Å². The first-order valence-corrected chi connectivity index (χ1v) is 16.7. The summed E-state index contributed by atoms with van der Waals surface area (Å²) in [6.07, 6.45) is 2.71. The molecule has 3 aromatic heterocycles. The molecule has 6 aromatic rings. The quantitative estimate of drug-likeness (QED) is 0.185. The van der Waals surface area contributed by atoms with E-state index in [1.807, 2.05) is 18.2 Å². The van der Waals surface area contributed by atoms with Gasteiger partial charge < -0.3 is 10.2 Å². The number of sulfonamides is 1. The van der Waals surface area contributed by atoms with Crippen LogP contribution in [0.25, 0.3) is 27.9 Å². The van der Waals surface area contributed by atoms with E-state index in [2.05, 4.69) is 46.3 Å². The van der Waals surface area contributed by atoms with Crippen LogP contribution in [0, 0.1) is 28.9 Å². The second-order valence-corrected chi connectivity index (χ2v) is 13.3. The van der Waals surface area contributed by atoms with Crippen molar-refractivity contribution in [2.75, 3.05) is 28.0 Å². The Morgan fingerprint density at radius 2 is 1.75 bits per heavy atom. The molecule has 0 atom stereocenters. The summed E-state index contributed by atoms with van der Waals surface area (Å²) < 4.78 is 60.6. The third-order valence-corrected chi connectivity index (χ3v) is 10.3. The molecule has 0 spiro atoms. The largest absolute Gasteiger partial charge is 0.370 e. The van der Waals surface area contributed by atoms with E-state index in [1.54, 1.807) is 12.1 Å². The first-order valence-electron chi connectivity index (χ1n) is 14.5. The monoisotopic (exact) mass is 706 g/mol. The zero-order chi connectivity index (χ0) is 33.6. The number of hydrogen-bond donors (Lipinski definition) is 2. The van der Waals surface area contributed by atoms with Crippen LogP contribution in [0.2, 0.25) is 10.0 Å². The van der Waals surface area contributed by atoms with Crippen molar-refractivity contribution in [3.05, 3.63) is 88.7 Å². The zero-order valence-corrected chi connectivity index (χ0v) is 26.9. The van der Waals surface area contributed by atoms with Crippen molar-refractivity contribution < 1.29 is 17.2 Å². The number of rotatable bonds is 7. The molecule has 2 N–H and O–H groups in total. The summed E-state index contributed by atoms with van der Waals surface area (Å²) in [5, 5.41) is 20.4. The Morgan fingerprint density at radius 1 is 0.958 bits per heavy atom. The SMILES string of the molecule is N#CC1CCN(c2cccc3c2nnn3-c2ccc3ncnc(Nc4c(F)ccc(NS(=O)(=O)c5cccc(Cl)c5Cl)c4F)c3n2)CC1. The predicted molar refractivity (Wildman–Crippen MR) is 177 cm³/mol. The van der Waals surface area contributed by atoms with E-state index in [4.69, 9.17) is 23.2 Å². The van der Waals surface area contributed by atoms with Gasteiger partial charge in [-0.1, -0.05) is 40.5 Å². The van der Waals surface area contributed by atoms with Crippen molar-refractivity contribution >= 4 is 78.2 Å². The number of pyridine rings is 1. The van der Waals surface area contributed by atoms with E-state index < -0.39 is 33.0 Å². The number of hydrogen-bond acceptors (Lipinski definition) is 10. The fraction of sp³-hybridized carbons (Fsp3) is 0.161. The molecule has 0 bridgehead atoms. The summed E-state index contributed by atoms with van der Waals surface area (Å²) in [4.78, 5) is 14.9. The van der Waals surface area contributed by atoms with Crippen molar-refractivity contribution in [2.45, 2.75) is 17.7 Å². The lowest BCUT2D eigenvalue weighted by atomic mass is 9.98. The molecule has 0 aliphatic carbocycles. The minimum Gasteiger partial charge on any atom is -0.370 e. The fourth-order valence-electron chi connectivity index (χ4n) is 5.50. The fourth-order valence-corrected chi connectivity index (χ4v) is 7.32. The molecule has 0 amide bonds. The maximum atomic E-state index is 15.8. The predicted octanol–water partition coefficient (Wildman–Crippen LogP) is 6.63. The molecular weight excluding hydrogens is 685 g/mol. The first-order chi connectivity index (χ1) is 23.1. The lowest BCUT2D eigenvalue weighted by Gasteiger charge is -2.31. The number of anilines is 4. The van der Waals surface area contributed by atoms with Crippen LogP contribution >= 0.6 is 23.2 Å². The van der Waals surface area contributed by atoms with Crippen LogP contribution in [-0.4, -0.2) is 51.5 Å². The third-order valence-electron chi connectivity index (χ3n) is 7.94. The standard InChI is InChI=1S/C31H22Cl2F2N10O2S/c32-18-3-1-6-24(26(18)33)48(46,47)42-20-8-7-19(34)28(27(20)35)40-31-29-21(37-16-38-31)9-10-25(39-29)45-23-5-2-4-22(30(23)41-43-45)44-13-11-17(15-36)12-14-44/h1-10,16-17,42H,11-14H2,(H,37,38,40). The molecule has 3 aromatic carbocycles. The van der Waals surface area contributed by atoms with Gasteiger partial charge in [0, 0.05) is 19.0 Å². The van der Waals surface area contributed by atoms with Crippen molar-refractivity contribution in [1.29, 1.82) is 5.26 Å². The molecule has 4 heterocycles. The van der Waals surface area contributed by atoms with E-state index in [-0.39, 0.29) is 32.2 Å². The van der Waals surface area contributed by atoms with Gasteiger partial charge in [-0.2, -0.15) is 9.94 Å². The average Bonchev–Trinajstić information content (AvgIpc) is 3.53. The van der Waals surface area contributed by atoms with Gasteiger partial charge in [0.15, 0.2) is 17.5 Å². The first kappa shape index (κ1) is 31.4. The van der Waals surface area contributed by atoms with E-state index >= 15 is 8.78 Å². The van der Waals surface area contributed by atoms with Gasteiger partial charge in [0.1, 0.15) is 33.8 Å². The normalized spacial score (nSPS) is 13.9. The topological polar surface area (TPSA) is 155 Å². The molecule has 242 valence electrons. The van der Waals surface area contributed by atoms with Crippen LogP contribution in [0.5, 0.6) is 0 Å². The zero-order valence-electron chi connectivity index (χ0n) is 24.6. The molecule has 17 heteroatoms. The number of fused-ring (bicyclic) bond motifs is 2. The van der Waals surface area contributed by atoms with E-state index in [0.717, 1.165) is 43.8 Å². The van der Waals surface area contributed by atoms with E-state index in [1.165, 1.54) is 29.2 Å². The second-order valence-electron chi connectivity index (χ2n) is 10.9. The number of aromatic nitrogens is 6. The van der Waals surface area contributed by atoms with Gasteiger partial charge in [-0.25, -0.2) is 32.2 Å². The number of benzene rings is 3. The molecule has 0 radical (unpaired) electrons. The molecule has 0 unspecified atom stereocenters. The average molecular weight is 708 g/mol. The van der Waals surface area contributed by atoms with E-state index in [0.29, 0.717) is 22.4 Å². The molecule has 7 rings (SSSR count). The number of nitrogens with zero attached hydrogens (tertiary/aromatic N) is 8. The summed E-state index contributed by atoms with van der Waals surface area (Å²) in [6, 6.07) is 17.2. The minimum atomic E-state index is -4.42. The molecule has 0 saturated carbocycles. The van der Waals surface area contributed by atoms with Crippen molar-refractivity contribution in [1.82, 2.24) is 29.9 Å². The molecular formula is C31H22Cl2F2N10O2S. The van der Waals surface area contributed by atoms with Gasteiger partial charge in [-0.15, -0.1) is 5.10 Å². The Balaban J connectivity index is 1.23. The number of nitrogens with one attached hydrogen (secondary N) is 2. The lowest BCUT2D eigenvalue weighted by Crippen LogP contribution is -2.33. The highest BCUT2D eigenvalue weighted by molar-refractivity contribution is 7.92. The molecule has 1 saturated heterocycles. The minimum absolute atomic E-state index is 0.0139. The molecule has 1 aliphatic rings. The molecule has 48 heavy (non-hydrogen) atoms. The Bertz CT molecular complexity index is 2380. The van der Waals surface area contributed by atoms with Gasteiger partial charge in [0.05, 0.1) is 38.5 Å². The number of nitriles is 1. The molecule has 1 aliphatic heterocycles. The van der Waals surface area contributed by atoms with Crippen LogP contribution in [-0.2, 0) is 10.0 Å². The second kappa shape index (κ2) is 12.5. The Kier molecular flexibility index (Phi) is 8.15. The summed E-state index contributed by atoms with van der Waals surface area (Å²) in [5.74, 6) is -1.95. The van der Waals surface area contributed by atoms with Crippen LogP contribution in [0.4, 0.5) is 31.7 Å². The van der Waals surface area contributed by atoms with Crippen LogP contribution in [0.1, 0.15) is 12.8 Å². The summed E-state index contributed by atoms with van der Waals surface area (Å²) in [5.41, 5.74) is 1.49. The number of halogens is 4. The lowest BCUT2D eigenvalue weighted by molar-refractivity contribution is 0.488. The van der Waals surface area contributed by atoms with Gasteiger partial charge in [0.25, 0.3) is 10.0 Å². The Hall–Kier alpha value is -5.17. The van der Waals surface area contributed by atoms with Gasteiger partial charge in [-0.3, -0.25) is 4.72 Å². The highest BCUT2D eigenvalue weighted by Gasteiger charge is 2.25. The van der Waals surface area contributed by atoms with Gasteiger partial charge >= 0.3 is 0 Å². The Morgan fingerprint density at radius 3 is 2.54 bits per heavy atom. The summed E-state index contributed by atoms with van der Waals surface area (Å²) in [7, 11) is -4.42. The smallest absolute Gasteiger partial charge is 0.263 e. The summed E-state index contributed by atoms with van der Waals surface area (Å²) in [6.45, 7) is 1.43.